The van der Waals surface area contributed by atoms with Gasteiger partial charge in [-0.05, 0) is 37.8 Å². The largest absolute Gasteiger partial charge is 0.303 e. The summed E-state index contributed by atoms with van der Waals surface area (Å²) < 4.78 is 27.4. The van der Waals surface area contributed by atoms with Crippen LogP contribution in [-0.4, -0.2) is 57.2 Å². The second-order valence-corrected chi connectivity index (χ2v) is 8.46. The van der Waals surface area contributed by atoms with E-state index in [0.717, 1.165) is 11.4 Å². The van der Waals surface area contributed by atoms with Crippen LogP contribution in [0.4, 0.5) is 0 Å². The number of hydrogen-bond acceptors (Lipinski definition) is 6. The topological polar surface area (TPSA) is 73.0 Å². The Morgan fingerprint density at radius 1 is 1.48 bits per heavy atom. The molecule has 1 atom stereocenters. The minimum absolute atomic E-state index is 0.0192. The molecule has 0 radical (unpaired) electrons. The summed E-state index contributed by atoms with van der Waals surface area (Å²) in [5.74, 6) is 1.21. The van der Waals surface area contributed by atoms with Crippen LogP contribution in [-0.2, 0) is 23.6 Å². The van der Waals surface area contributed by atoms with Gasteiger partial charge in [0.05, 0.1) is 18.2 Å². The monoisotopic (exact) mass is 353 g/mol. The molecule has 3 rings (SSSR count). The second-order valence-electron chi connectivity index (χ2n) is 5.86. The van der Waals surface area contributed by atoms with Crippen molar-refractivity contribution in [3.63, 3.8) is 0 Å². The van der Waals surface area contributed by atoms with Crippen LogP contribution in [0, 0.1) is 4.77 Å². The normalized spacial score (nSPS) is 20.2. The highest BCUT2D eigenvalue weighted by Gasteiger charge is 2.30. The smallest absolute Gasteiger partial charge is 0.199 e. The summed E-state index contributed by atoms with van der Waals surface area (Å²) in [5.41, 5.74) is 0.894. The molecule has 3 heterocycles. The zero-order chi connectivity index (χ0) is 16.6. The Hall–Kier alpha value is -1.58. The van der Waals surface area contributed by atoms with E-state index in [1.807, 2.05) is 35.7 Å². The molecule has 1 aliphatic heterocycles. The molecule has 1 aliphatic rings. The summed E-state index contributed by atoms with van der Waals surface area (Å²) in [6.07, 6.45) is 4.12. The third kappa shape index (κ3) is 3.36. The maximum atomic E-state index is 11.6. The zero-order valence-electron chi connectivity index (χ0n) is 13.1. The average Bonchev–Trinajstić information content (AvgIpc) is 3.02. The van der Waals surface area contributed by atoms with Crippen molar-refractivity contribution in [3.8, 4) is 11.4 Å². The molecule has 0 saturated carbocycles. The van der Waals surface area contributed by atoms with Crippen molar-refractivity contribution < 1.29 is 8.42 Å². The van der Waals surface area contributed by atoms with Gasteiger partial charge in [0.25, 0.3) is 0 Å². The molecule has 0 spiro atoms. The van der Waals surface area contributed by atoms with Crippen LogP contribution in [0.15, 0.2) is 24.5 Å². The van der Waals surface area contributed by atoms with Crippen LogP contribution in [0.3, 0.4) is 0 Å². The van der Waals surface area contributed by atoms with E-state index < -0.39 is 9.84 Å². The Kier molecular flexibility index (Phi) is 4.35. The van der Waals surface area contributed by atoms with Gasteiger partial charge in [0.1, 0.15) is 0 Å². The molecule has 124 valence electrons. The molecule has 23 heavy (non-hydrogen) atoms. The standard InChI is InChI=1S/C14H19N5O2S2/c1-17(12-5-7-23(20,21)9-12)10-19-14(22)18(2)13(16-19)11-4-3-6-15-8-11/h3-4,6,8,12H,5,7,9-10H2,1-2H3/t12-/m0/s1. The number of hydrogen-bond donors (Lipinski definition) is 0. The lowest BCUT2D eigenvalue weighted by molar-refractivity contribution is 0.196. The molecule has 1 fully saturated rings. The lowest BCUT2D eigenvalue weighted by Gasteiger charge is -2.22. The van der Waals surface area contributed by atoms with Gasteiger partial charge in [0.2, 0.25) is 0 Å². The van der Waals surface area contributed by atoms with Gasteiger partial charge in [-0.2, -0.15) is 5.10 Å². The van der Waals surface area contributed by atoms with Gasteiger partial charge in [-0.1, -0.05) is 0 Å². The summed E-state index contributed by atoms with van der Waals surface area (Å²) in [5, 5.41) is 4.57. The molecule has 1 saturated heterocycles. The first-order valence-corrected chi connectivity index (χ1v) is 9.55. The van der Waals surface area contributed by atoms with Crippen molar-refractivity contribution in [2.45, 2.75) is 19.1 Å². The Bertz CT molecular complexity index is 857. The van der Waals surface area contributed by atoms with Crippen LogP contribution in [0.5, 0.6) is 0 Å². The molecule has 9 heteroatoms. The molecule has 0 aliphatic carbocycles. The van der Waals surface area contributed by atoms with Crippen molar-refractivity contribution in [2.75, 3.05) is 18.6 Å². The fourth-order valence-electron chi connectivity index (χ4n) is 2.78. The lowest BCUT2D eigenvalue weighted by Crippen LogP contribution is -2.34. The quantitative estimate of drug-likeness (QED) is 0.766. The molecule has 0 aromatic carbocycles. The van der Waals surface area contributed by atoms with Crippen LogP contribution < -0.4 is 0 Å². The maximum Gasteiger partial charge on any atom is 0.199 e. The molecule has 0 bridgehead atoms. The molecule has 2 aromatic rings. The van der Waals surface area contributed by atoms with E-state index in [2.05, 4.69) is 10.1 Å². The van der Waals surface area contributed by atoms with Gasteiger partial charge < -0.3 is 4.57 Å². The average molecular weight is 353 g/mol. The van der Waals surface area contributed by atoms with Crippen LogP contribution >= 0.6 is 12.2 Å². The Balaban J connectivity index is 1.83. The highest BCUT2D eigenvalue weighted by atomic mass is 32.2. The highest BCUT2D eigenvalue weighted by Crippen LogP contribution is 2.19. The van der Waals surface area contributed by atoms with Gasteiger partial charge >= 0.3 is 0 Å². The Morgan fingerprint density at radius 2 is 2.26 bits per heavy atom. The van der Waals surface area contributed by atoms with Gasteiger partial charge in [-0.25, -0.2) is 13.1 Å². The zero-order valence-corrected chi connectivity index (χ0v) is 14.7. The first-order valence-electron chi connectivity index (χ1n) is 7.32. The highest BCUT2D eigenvalue weighted by molar-refractivity contribution is 7.91. The van der Waals surface area contributed by atoms with E-state index in [9.17, 15) is 8.42 Å². The van der Waals surface area contributed by atoms with Crippen molar-refractivity contribution in [1.82, 2.24) is 24.2 Å². The summed E-state index contributed by atoms with van der Waals surface area (Å²) in [4.78, 5) is 6.11. The van der Waals surface area contributed by atoms with E-state index in [1.165, 1.54) is 0 Å². The molecule has 0 unspecified atom stereocenters. The SMILES string of the molecule is CN(Cn1nc(-c2cccnc2)n(C)c1=S)[C@H]1CCS(=O)(=O)C1. The fourth-order valence-corrected chi connectivity index (χ4v) is 4.77. The van der Waals surface area contributed by atoms with Gasteiger partial charge in [0, 0.05) is 31.0 Å². The summed E-state index contributed by atoms with van der Waals surface area (Å²) >= 11 is 5.45. The predicted molar refractivity (Wildman–Crippen MR) is 90.1 cm³/mol. The second kappa shape index (κ2) is 6.14. The van der Waals surface area contributed by atoms with E-state index >= 15 is 0 Å². The molecule has 2 aromatic heterocycles. The van der Waals surface area contributed by atoms with Crippen LogP contribution in [0.1, 0.15) is 6.42 Å². The van der Waals surface area contributed by atoms with E-state index in [0.29, 0.717) is 17.9 Å². The van der Waals surface area contributed by atoms with E-state index in [1.54, 1.807) is 17.1 Å². The molecular formula is C14H19N5O2S2. The van der Waals surface area contributed by atoms with Crippen molar-refractivity contribution >= 4 is 22.1 Å². The van der Waals surface area contributed by atoms with Crippen LogP contribution in [0.2, 0.25) is 0 Å². The van der Waals surface area contributed by atoms with E-state index in [4.69, 9.17) is 12.2 Å². The number of rotatable bonds is 4. The van der Waals surface area contributed by atoms with Crippen LogP contribution in [0.25, 0.3) is 11.4 Å². The van der Waals surface area contributed by atoms with Crippen molar-refractivity contribution in [3.05, 3.63) is 29.3 Å². The predicted octanol–water partition coefficient (Wildman–Crippen LogP) is 1.09. The number of aromatic nitrogens is 4. The molecule has 0 amide bonds. The van der Waals surface area contributed by atoms with Gasteiger partial charge in [-0.3, -0.25) is 9.88 Å². The fraction of sp³-hybridized carbons (Fsp3) is 0.500. The molecule has 0 N–H and O–H groups in total. The Morgan fingerprint density at radius 3 is 2.87 bits per heavy atom. The third-order valence-electron chi connectivity index (χ3n) is 4.15. The Labute approximate surface area is 140 Å². The summed E-state index contributed by atoms with van der Waals surface area (Å²) in [6, 6.07) is 3.81. The lowest BCUT2D eigenvalue weighted by atomic mass is 10.2. The summed E-state index contributed by atoms with van der Waals surface area (Å²) in [6.45, 7) is 0.465. The third-order valence-corrected chi connectivity index (χ3v) is 6.38. The van der Waals surface area contributed by atoms with E-state index in [-0.39, 0.29) is 17.5 Å². The minimum Gasteiger partial charge on any atom is -0.303 e. The summed E-state index contributed by atoms with van der Waals surface area (Å²) in [7, 11) is 0.878. The van der Waals surface area contributed by atoms with Crippen molar-refractivity contribution in [1.29, 1.82) is 0 Å². The first kappa shape index (κ1) is 16.3. The number of pyridine rings is 1. The maximum absolute atomic E-state index is 11.6. The number of sulfone groups is 1. The number of nitrogens with zero attached hydrogens (tertiary/aromatic N) is 5. The molecular weight excluding hydrogens is 334 g/mol. The van der Waals surface area contributed by atoms with Gasteiger partial charge in [0.15, 0.2) is 20.4 Å². The molecule has 7 nitrogen and oxygen atoms in total. The van der Waals surface area contributed by atoms with Crippen molar-refractivity contribution in [2.24, 2.45) is 7.05 Å². The minimum atomic E-state index is -2.90. The first-order chi connectivity index (χ1) is 10.9. The van der Waals surface area contributed by atoms with Gasteiger partial charge in [-0.15, -0.1) is 0 Å².